The Morgan fingerprint density at radius 3 is 2.39 bits per heavy atom. The van der Waals surface area contributed by atoms with Crippen LogP contribution in [0.25, 0.3) is 0 Å². The van der Waals surface area contributed by atoms with Crippen LogP contribution in [0.3, 0.4) is 0 Å². The third kappa shape index (κ3) is 2.55. The van der Waals surface area contributed by atoms with Crippen LogP contribution >= 0.6 is 11.6 Å². The van der Waals surface area contributed by atoms with Crippen molar-refractivity contribution in [3.8, 4) is 0 Å². The molecule has 0 N–H and O–H groups in total. The molecule has 2 rings (SSSR count). The first kappa shape index (κ1) is 13.5. The van der Waals surface area contributed by atoms with Gasteiger partial charge in [0.25, 0.3) is 0 Å². The number of piperidine rings is 1. The van der Waals surface area contributed by atoms with E-state index in [1.54, 1.807) is 0 Å². The molecule has 0 unspecified atom stereocenters. The minimum Gasteiger partial charge on any atom is -0.300 e. The van der Waals surface area contributed by atoms with E-state index in [-0.39, 0.29) is 41.6 Å². The van der Waals surface area contributed by atoms with E-state index >= 15 is 0 Å². The van der Waals surface area contributed by atoms with E-state index in [1.807, 2.05) is 0 Å². The van der Waals surface area contributed by atoms with E-state index in [0.29, 0.717) is 0 Å². The topological polar surface area (TPSA) is 54.5 Å². The SMILES string of the molecule is O=C1CCN(S(=O)(=O)c2ccc(F)cc2Cl)CC1. The van der Waals surface area contributed by atoms with Gasteiger partial charge in [-0.2, -0.15) is 4.31 Å². The number of carbonyl (C=O) groups is 1. The quantitative estimate of drug-likeness (QED) is 0.835. The maximum absolute atomic E-state index is 12.9. The van der Waals surface area contributed by atoms with Gasteiger partial charge >= 0.3 is 0 Å². The third-order valence-corrected chi connectivity index (χ3v) is 5.17. The van der Waals surface area contributed by atoms with Crippen LogP contribution in [0.4, 0.5) is 4.39 Å². The van der Waals surface area contributed by atoms with Crippen molar-refractivity contribution in [3.63, 3.8) is 0 Å². The summed E-state index contributed by atoms with van der Waals surface area (Å²) in [5.74, 6) is -0.542. The van der Waals surface area contributed by atoms with Gasteiger partial charge in [-0.25, -0.2) is 12.8 Å². The lowest BCUT2D eigenvalue weighted by molar-refractivity contribution is -0.120. The summed E-state index contributed by atoms with van der Waals surface area (Å²) in [7, 11) is -3.75. The second-order valence-corrected chi connectivity index (χ2v) is 6.33. The number of sulfonamides is 1. The molecular formula is C11H11ClFNO3S. The van der Waals surface area contributed by atoms with Crippen LogP contribution in [0, 0.1) is 5.82 Å². The Hall–Kier alpha value is -0.980. The zero-order valence-electron chi connectivity index (χ0n) is 9.40. The van der Waals surface area contributed by atoms with Crippen molar-refractivity contribution < 1.29 is 17.6 Å². The molecule has 0 saturated carbocycles. The van der Waals surface area contributed by atoms with E-state index < -0.39 is 15.8 Å². The van der Waals surface area contributed by atoms with E-state index in [2.05, 4.69) is 0 Å². The smallest absolute Gasteiger partial charge is 0.244 e. The molecule has 1 saturated heterocycles. The fourth-order valence-electron chi connectivity index (χ4n) is 1.80. The Balaban J connectivity index is 2.33. The minimum absolute atomic E-state index is 0.0478. The van der Waals surface area contributed by atoms with Crippen molar-refractivity contribution in [1.29, 1.82) is 0 Å². The highest BCUT2D eigenvalue weighted by Crippen LogP contribution is 2.26. The fraction of sp³-hybridized carbons (Fsp3) is 0.364. The van der Waals surface area contributed by atoms with Gasteiger partial charge in [0.1, 0.15) is 16.5 Å². The number of rotatable bonds is 2. The number of hydrogen-bond acceptors (Lipinski definition) is 3. The standard InChI is InChI=1S/C11H11ClFNO3S/c12-10-7-8(13)1-2-11(10)18(16,17)14-5-3-9(15)4-6-14/h1-2,7H,3-6H2. The Morgan fingerprint density at radius 1 is 1.22 bits per heavy atom. The summed E-state index contributed by atoms with van der Waals surface area (Å²) in [5.41, 5.74) is 0. The molecule has 1 aromatic carbocycles. The van der Waals surface area contributed by atoms with Crippen molar-refractivity contribution in [3.05, 3.63) is 29.0 Å². The number of nitrogens with zero attached hydrogens (tertiary/aromatic N) is 1. The van der Waals surface area contributed by atoms with Gasteiger partial charge < -0.3 is 0 Å². The van der Waals surface area contributed by atoms with Crippen LogP contribution in [-0.4, -0.2) is 31.6 Å². The lowest BCUT2D eigenvalue weighted by Gasteiger charge is -2.25. The maximum atomic E-state index is 12.9. The molecule has 0 aromatic heterocycles. The molecule has 0 amide bonds. The predicted octanol–water partition coefficient (Wildman–Crippen LogP) is 1.83. The zero-order chi connectivity index (χ0) is 13.3. The molecule has 1 aliphatic heterocycles. The van der Waals surface area contributed by atoms with Crippen molar-refractivity contribution in [1.82, 2.24) is 4.31 Å². The van der Waals surface area contributed by atoms with Gasteiger partial charge in [-0.1, -0.05) is 11.6 Å². The molecule has 1 heterocycles. The molecule has 0 spiro atoms. The van der Waals surface area contributed by atoms with Gasteiger partial charge in [0.05, 0.1) is 5.02 Å². The first-order valence-corrected chi connectivity index (χ1v) is 7.20. The van der Waals surface area contributed by atoms with E-state index in [1.165, 1.54) is 4.31 Å². The summed E-state index contributed by atoms with van der Waals surface area (Å²) < 4.78 is 38.6. The molecule has 0 aliphatic carbocycles. The van der Waals surface area contributed by atoms with Gasteiger partial charge in [-0.05, 0) is 18.2 Å². The van der Waals surface area contributed by atoms with Gasteiger partial charge in [-0.15, -0.1) is 0 Å². The molecule has 0 radical (unpaired) electrons. The average Bonchev–Trinajstić information content (AvgIpc) is 2.29. The largest absolute Gasteiger partial charge is 0.300 e. The van der Waals surface area contributed by atoms with E-state index in [0.717, 1.165) is 18.2 Å². The highest BCUT2D eigenvalue weighted by Gasteiger charge is 2.30. The molecule has 1 aliphatic rings. The Morgan fingerprint density at radius 2 is 1.83 bits per heavy atom. The maximum Gasteiger partial charge on any atom is 0.244 e. The number of halogens is 2. The monoisotopic (exact) mass is 291 g/mol. The molecule has 98 valence electrons. The normalized spacial score (nSPS) is 18.0. The molecule has 4 nitrogen and oxygen atoms in total. The summed E-state index contributed by atoms with van der Waals surface area (Å²) in [6.07, 6.45) is 0.413. The average molecular weight is 292 g/mol. The van der Waals surface area contributed by atoms with Crippen LogP contribution in [0.15, 0.2) is 23.1 Å². The predicted molar refractivity (Wildman–Crippen MR) is 64.4 cm³/mol. The first-order chi connectivity index (χ1) is 8.41. The van der Waals surface area contributed by atoms with Crippen molar-refractivity contribution in [2.24, 2.45) is 0 Å². The lowest BCUT2D eigenvalue weighted by Crippen LogP contribution is -2.38. The number of benzene rings is 1. The van der Waals surface area contributed by atoms with Crippen LogP contribution in [0.1, 0.15) is 12.8 Å². The number of Topliss-reactive ketones (excluding diaryl/α,β-unsaturated/α-hetero) is 1. The highest BCUT2D eigenvalue weighted by molar-refractivity contribution is 7.89. The summed E-state index contributed by atoms with van der Waals surface area (Å²) in [6.45, 7) is 0.295. The number of hydrogen-bond donors (Lipinski definition) is 0. The number of ketones is 1. The van der Waals surface area contributed by atoms with Crippen molar-refractivity contribution in [2.75, 3.05) is 13.1 Å². The molecular weight excluding hydrogens is 281 g/mol. The summed E-state index contributed by atoms with van der Waals surface area (Å²) in [4.78, 5) is 11.0. The third-order valence-electron chi connectivity index (χ3n) is 2.79. The summed E-state index contributed by atoms with van der Waals surface area (Å²) in [5, 5.41) is -0.146. The summed E-state index contributed by atoms with van der Waals surface area (Å²) in [6, 6.07) is 3.15. The molecule has 0 atom stereocenters. The Labute approximate surface area is 109 Å². The second-order valence-electron chi connectivity index (χ2n) is 4.02. The molecule has 0 bridgehead atoms. The van der Waals surface area contributed by atoms with Crippen molar-refractivity contribution in [2.45, 2.75) is 17.7 Å². The molecule has 1 fully saturated rings. The van der Waals surface area contributed by atoms with Gasteiger partial charge in [0.2, 0.25) is 10.0 Å². The Bertz CT molecular complexity index is 578. The van der Waals surface area contributed by atoms with E-state index in [9.17, 15) is 17.6 Å². The Kier molecular flexibility index (Phi) is 3.70. The summed E-state index contributed by atoms with van der Waals surface area (Å²) >= 11 is 5.75. The lowest BCUT2D eigenvalue weighted by atomic mass is 10.1. The van der Waals surface area contributed by atoms with Crippen LogP contribution in [-0.2, 0) is 14.8 Å². The van der Waals surface area contributed by atoms with Crippen LogP contribution in [0.2, 0.25) is 5.02 Å². The van der Waals surface area contributed by atoms with Crippen LogP contribution < -0.4 is 0 Å². The zero-order valence-corrected chi connectivity index (χ0v) is 11.0. The molecule has 18 heavy (non-hydrogen) atoms. The minimum atomic E-state index is -3.75. The molecule has 1 aromatic rings. The van der Waals surface area contributed by atoms with Gasteiger partial charge in [-0.3, -0.25) is 4.79 Å². The van der Waals surface area contributed by atoms with Crippen LogP contribution in [0.5, 0.6) is 0 Å². The number of carbonyl (C=O) groups excluding carboxylic acids is 1. The van der Waals surface area contributed by atoms with Gasteiger partial charge in [0.15, 0.2) is 0 Å². The highest BCUT2D eigenvalue weighted by atomic mass is 35.5. The molecule has 7 heteroatoms. The fourth-order valence-corrected chi connectivity index (χ4v) is 3.75. The second kappa shape index (κ2) is 4.95. The van der Waals surface area contributed by atoms with E-state index in [4.69, 9.17) is 11.6 Å². The van der Waals surface area contributed by atoms with Gasteiger partial charge in [0, 0.05) is 25.9 Å². The van der Waals surface area contributed by atoms with Crippen molar-refractivity contribution >= 4 is 27.4 Å². The first-order valence-electron chi connectivity index (χ1n) is 5.38.